The summed E-state index contributed by atoms with van der Waals surface area (Å²) in [4.78, 5) is 12.7. The topological polar surface area (TPSA) is 104 Å². The van der Waals surface area contributed by atoms with Crippen molar-refractivity contribution in [3.63, 3.8) is 0 Å². The number of rotatable bonds is 5. The summed E-state index contributed by atoms with van der Waals surface area (Å²) in [6.07, 6.45) is 1.39. The van der Waals surface area contributed by atoms with E-state index in [0.29, 0.717) is 23.1 Å². The van der Waals surface area contributed by atoms with Crippen LogP contribution in [0.3, 0.4) is 0 Å². The van der Waals surface area contributed by atoms with Crippen molar-refractivity contribution in [3.05, 3.63) is 62.8 Å². The molecule has 9 heteroatoms. The van der Waals surface area contributed by atoms with Gasteiger partial charge in [0.25, 0.3) is 0 Å². The zero-order valence-electron chi connectivity index (χ0n) is 15.2. The Morgan fingerprint density at radius 2 is 1.75 bits per heavy atom. The van der Waals surface area contributed by atoms with Crippen molar-refractivity contribution in [2.75, 3.05) is 10.3 Å². The van der Waals surface area contributed by atoms with Gasteiger partial charge in [0.15, 0.2) is 0 Å². The summed E-state index contributed by atoms with van der Waals surface area (Å²) in [5, 5.41) is 13.4. The first-order valence-electron chi connectivity index (χ1n) is 8.39. The summed E-state index contributed by atoms with van der Waals surface area (Å²) in [6, 6.07) is 13.1. The lowest BCUT2D eigenvalue weighted by Gasteiger charge is -2.21. The second kappa shape index (κ2) is 8.65. The number of nitrogens with two attached hydrogens (primary N) is 1. The minimum absolute atomic E-state index is 0.282. The van der Waals surface area contributed by atoms with Gasteiger partial charge < -0.3 is 5.32 Å². The maximum atomic E-state index is 8.89. The molecule has 0 aliphatic carbocycles. The van der Waals surface area contributed by atoms with E-state index in [9.17, 15) is 0 Å². The van der Waals surface area contributed by atoms with Crippen LogP contribution in [0.4, 0.5) is 23.3 Å². The maximum Gasteiger partial charge on any atom is 0.249 e. The number of hydrogen-bond donors (Lipinski definition) is 2. The van der Waals surface area contributed by atoms with Crippen LogP contribution in [0.2, 0.25) is 0 Å². The Labute approximate surface area is 179 Å². The quantitative estimate of drug-likeness (QED) is 0.367. The van der Waals surface area contributed by atoms with E-state index < -0.39 is 0 Å². The maximum absolute atomic E-state index is 8.89. The Hall–Kier alpha value is -2.54. The van der Waals surface area contributed by atoms with E-state index in [-0.39, 0.29) is 5.95 Å². The molecule has 3 aromatic rings. The smallest absolute Gasteiger partial charge is 0.249 e. The van der Waals surface area contributed by atoms with Crippen molar-refractivity contribution >= 4 is 55.1 Å². The van der Waals surface area contributed by atoms with Crippen LogP contribution in [0, 0.1) is 11.3 Å². The van der Waals surface area contributed by atoms with Crippen molar-refractivity contribution in [1.82, 2.24) is 15.0 Å². The minimum Gasteiger partial charge on any atom is -0.324 e. The first kappa shape index (κ1) is 20.2. The predicted molar refractivity (Wildman–Crippen MR) is 117 cm³/mol. The first-order chi connectivity index (χ1) is 13.4. The lowest BCUT2D eigenvalue weighted by molar-refractivity contribution is 0.862. The third kappa shape index (κ3) is 4.47. The summed E-state index contributed by atoms with van der Waals surface area (Å²) in [7, 11) is 0. The summed E-state index contributed by atoms with van der Waals surface area (Å²) in [5.74, 6) is 7.31. The summed E-state index contributed by atoms with van der Waals surface area (Å²) < 4.78 is 1.66. The molecular formula is C19H17Br2N7. The number of benzene rings is 2. The van der Waals surface area contributed by atoms with Gasteiger partial charge in [-0.25, -0.2) is 15.8 Å². The molecule has 3 N–H and O–H groups in total. The van der Waals surface area contributed by atoms with Crippen LogP contribution in [0.1, 0.15) is 30.9 Å². The molecular weight excluding hydrogens is 486 g/mol. The van der Waals surface area contributed by atoms with E-state index in [0.717, 1.165) is 14.6 Å². The second-order valence-corrected chi connectivity index (χ2v) is 7.99. The molecule has 0 atom stereocenters. The van der Waals surface area contributed by atoms with Gasteiger partial charge in [0.05, 0.1) is 17.3 Å². The Balaban J connectivity index is 1.88. The molecule has 0 radical (unpaired) electrons. The Bertz CT molecular complexity index is 1010. The van der Waals surface area contributed by atoms with Crippen molar-refractivity contribution in [3.8, 4) is 6.07 Å². The third-order valence-electron chi connectivity index (χ3n) is 3.99. The minimum atomic E-state index is 0.282. The largest absolute Gasteiger partial charge is 0.324 e. The average Bonchev–Trinajstić information content (AvgIpc) is 2.68. The van der Waals surface area contributed by atoms with Crippen LogP contribution < -0.4 is 16.2 Å². The van der Waals surface area contributed by atoms with E-state index in [2.05, 4.69) is 72.0 Å². The number of aromatic nitrogens is 3. The number of anilines is 4. The summed E-state index contributed by atoms with van der Waals surface area (Å²) in [6.45, 7) is 4.25. The van der Waals surface area contributed by atoms with Crippen LogP contribution in [0.25, 0.3) is 0 Å². The van der Waals surface area contributed by atoms with E-state index in [1.54, 1.807) is 24.3 Å². The van der Waals surface area contributed by atoms with Crippen LogP contribution in [0.15, 0.2) is 51.7 Å². The predicted octanol–water partition coefficient (Wildman–Crippen LogP) is 5.15. The highest BCUT2D eigenvalue weighted by Crippen LogP contribution is 2.38. The lowest BCUT2D eigenvalue weighted by Crippen LogP contribution is -2.28. The Morgan fingerprint density at radius 3 is 2.32 bits per heavy atom. The standard InChI is InChI=1S/C19H17Br2N7/c1-11(2)13-7-15(20)17(16(21)8-13)28(23)19-25-10-24-18(27-19)26-14-5-3-12(9-22)4-6-14/h3-8,10-11H,23H2,1-2H3,(H,24,25,26,27). The monoisotopic (exact) mass is 501 g/mol. The van der Waals surface area contributed by atoms with E-state index in [1.807, 2.05) is 12.1 Å². The average molecular weight is 503 g/mol. The second-order valence-electron chi connectivity index (χ2n) is 6.28. The van der Waals surface area contributed by atoms with Crippen molar-refractivity contribution < 1.29 is 0 Å². The fourth-order valence-corrected chi connectivity index (χ4v) is 4.07. The van der Waals surface area contributed by atoms with Crippen LogP contribution >= 0.6 is 31.9 Å². The number of nitrogens with one attached hydrogen (secondary N) is 1. The molecule has 0 fully saturated rings. The number of hydrogen-bond acceptors (Lipinski definition) is 7. The SMILES string of the molecule is CC(C)c1cc(Br)c(N(N)c2ncnc(Nc3ccc(C#N)cc3)n2)c(Br)c1. The van der Waals surface area contributed by atoms with Crippen molar-refractivity contribution in [2.45, 2.75) is 19.8 Å². The zero-order valence-corrected chi connectivity index (χ0v) is 18.4. The highest BCUT2D eigenvalue weighted by Gasteiger charge is 2.18. The fourth-order valence-electron chi connectivity index (χ4n) is 2.47. The van der Waals surface area contributed by atoms with Crippen LogP contribution in [0.5, 0.6) is 0 Å². The van der Waals surface area contributed by atoms with Crippen molar-refractivity contribution in [1.29, 1.82) is 5.26 Å². The molecule has 0 aliphatic heterocycles. The Morgan fingerprint density at radius 1 is 1.11 bits per heavy atom. The van der Waals surface area contributed by atoms with Gasteiger partial charge in [0.2, 0.25) is 11.9 Å². The van der Waals surface area contributed by atoms with Gasteiger partial charge in [-0.05, 0) is 79.7 Å². The molecule has 0 bridgehead atoms. The highest BCUT2D eigenvalue weighted by atomic mass is 79.9. The number of hydrazine groups is 1. The zero-order chi connectivity index (χ0) is 20.3. The van der Waals surface area contributed by atoms with Gasteiger partial charge in [-0.2, -0.15) is 15.2 Å². The van der Waals surface area contributed by atoms with Gasteiger partial charge in [0.1, 0.15) is 6.33 Å². The van der Waals surface area contributed by atoms with E-state index in [4.69, 9.17) is 11.1 Å². The van der Waals surface area contributed by atoms with Crippen LogP contribution in [-0.2, 0) is 0 Å². The Kier molecular flexibility index (Phi) is 6.24. The summed E-state index contributed by atoms with van der Waals surface area (Å²) in [5.41, 5.74) is 3.22. The fraction of sp³-hybridized carbons (Fsp3) is 0.158. The van der Waals surface area contributed by atoms with Crippen molar-refractivity contribution in [2.24, 2.45) is 5.84 Å². The first-order valence-corrected chi connectivity index (χ1v) is 9.97. The number of nitriles is 1. The molecule has 28 heavy (non-hydrogen) atoms. The molecule has 142 valence electrons. The van der Waals surface area contributed by atoms with Gasteiger partial charge in [0, 0.05) is 14.6 Å². The molecule has 0 saturated carbocycles. The molecule has 0 unspecified atom stereocenters. The molecule has 1 heterocycles. The molecule has 0 amide bonds. The highest BCUT2D eigenvalue weighted by molar-refractivity contribution is 9.11. The molecule has 0 saturated heterocycles. The number of nitrogens with zero attached hydrogens (tertiary/aromatic N) is 5. The molecule has 2 aromatic carbocycles. The number of halogens is 2. The van der Waals surface area contributed by atoms with Gasteiger partial charge in [-0.15, -0.1) is 0 Å². The molecule has 7 nitrogen and oxygen atoms in total. The van der Waals surface area contributed by atoms with Gasteiger partial charge in [-0.3, -0.25) is 0 Å². The van der Waals surface area contributed by atoms with E-state index >= 15 is 0 Å². The molecule has 0 aliphatic rings. The van der Waals surface area contributed by atoms with Gasteiger partial charge in [-0.1, -0.05) is 13.8 Å². The lowest BCUT2D eigenvalue weighted by atomic mass is 10.0. The van der Waals surface area contributed by atoms with Gasteiger partial charge >= 0.3 is 0 Å². The molecule has 1 aromatic heterocycles. The molecule has 0 spiro atoms. The van der Waals surface area contributed by atoms with Crippen LogP contribution in [-0.4, -0.2) is 15.0 Å². The molecule has 3 rings (SSSR count). The van der Waals surface area contributed by atoms with E-state index in [1.165, 1.54) is 16.9 Å². The summed E-state index contributed by atoms with van der Waals surface area (Å²) >= 11 is 7.17. The normalized spacial score (nSPS) is 10.6. The third-order valence-corrected chi connectivity index (χ3v) is 5.20.